The number of hydrogen-bond acceptors (Lipinski definition) is 5. The zero-order chi connectivity index (χ0) is 14.5. The second-order valence-electron chi connectivity index (χ2n) is 4.60. The van der Waals surface area contributed by atoms with Crippen molar-refractivity contribution >= 4 is 17.7 Å². The van der Waals surface area contributed by atoms with Crippen LogP contribution in [0.2, 0.25) is 0 Å². The number of nitrogens with zero attached hydrogens (tertiary/aromatic N) is 4. The van der Waals surface area contributed by atoms with Crippen molar-refractivity contribution in [3.8, 4) is 0 Å². The fraction of sp³-hybridized carbons (Fsp3) is 0.385. The summed E-state index contributed by atoms with van der Waals surface area (Å²) in [7, 11) is 0. The zero-order valence-corrected chi connectivity index (χ0v) is 12.2. The fourth-order valence-corrected chi connectivity index (χ4v) is 2.52. The van der Waals surface area contributed by atoms with E-state index in [-0.39, 0.29) is 5.75 Å². The van der Waals surface area contributed by atoms with E-state index in [2.05, 4.69) is 29.0 Å². The molecule has 0 saturated carbocycles. The van der Waals surface area contributed by atoms with Crippen molar-refractivity contribution < 1.29 is 9.90 Å². The van der Waals surface area contributed by atoms with E-state index in [1.54, 1.807) is 12.4 Å². The molecule has 0 amide bonds. The molecule has 0 saturated heterocycles. The van der Waals surface area contributed by atoms with Gasteiger partial charge in [-0.2, -0.15) is 10.2 Å². The van der Waals surface area contributed by atoms with Gasteiger partial charge in [-0.15, -0.1) is 0 Å². The van der Waals surface area contributed by atoms with Crippen LogP contribution in [0.4, 0.5) is 0 Å². The van der Waals surface area contributed by atoms with Crippen molar-refractivity contribution in [1.82, 2.24) is 19.7 Å². The minimum Gasteiger partial charge on any atom is -0.481 e. The third-order valence-electron chi connectivity index (χ3n) is 2.71. The molecule has 6 nitrogen and oxygen atoms in total. The van der Waals surface area contributed by atoms with Gasteiger partial charge in [0.15, 0.2) is 5.16 Å². The van der Waals surface area contributed by atoms with E-state index in [0.717, 1.165) is 11.4 Å². The summed E-state index contributed by atoms with van der Waals surface area (Å²) in [6.07, 6.45) is 3.42. The van der Waals surface area contributed by atoms with Gasteiger partial charge in [-0.1, -0.05) is 25.6 Å². The number of carbonyl (C=O) groups is 1. The molecule has 2 heterocycles. The van der Waals surface area contributed by atoms with Gasteiger partial charge in [0.05, 0.1) is 18.0 Å². The van der Waals surface area contributed by atoms with E-state index in [0.29, 0.717) is 17.6 Å². The first-order valence-electron chi connectivity index (χ1n) is 6.24. The van der Waals surface area contributed by atoms with Gasteiger partial charge in [0.1, 0.15) is 0 Å². The molecule has 0 aliphatic rings. The van der Waals surface area contributed by atoms with Gasteiger partial charge in [0.25, 0.3) is 0 Å². The molecule has 0 spiro atoms. The minimum atomic E-state index is -0.852. The summed E-state index contributed by atoms with van der Waals surface area (Å²) in [6.45, 7) is 4.70. The smallest absolute Gasteiger partial charge is 0.313 e. The Labute approximate surface area is 121 Å². The SMILES string of the molecule is CC(C)c1cnc(SCC(=O)O)n1Cc1cccnn1. The van der Waals surface area contributed by atoms with Crippen LogP contribution in [-0.4, -0.2) is 36.6 Å². The summed E-state index contributed by atoms with van der Waals surface area (Å²) in [5.74, 6) is -0.553. The van der Waals surface area contributed by atoms with Gasteiger partial charge >= 0.3 is 5.97 Å². The van der Waals surface area contributed by atoms with E-state index < -0.39 is 5.97 Å². The van der Waals surface area contributed by atoms with Crippen LogP contribution in [0.1, 0.15) is 31.2 Å². The van der Waals surface area contributed by atoms with Crippen LogP contribution < -0.4 is 0 Å². The third-order valence-corrected chi connectivity index (χ3v) is 3.69. The first-order chi connectivity index (χ1) is 9.58. The van der Waals surface area contributed by atoms with E-state index in [1.807, 2.05) is 16.7 Å². The van der Waals surface area contributed by atoms with Crippen LogP contribution in [0, 0.1) is 0 Å². The molecule has 0 aliphatic heterocycles. The highest BCUT2D eigenvalue weighted by Gasteiger charge is 2.15. The molecule has 0 bridgehead atoms. The molecule has 2 aromatic heterocycles. The maximum atomic E-state index is 10.7. The molecule has 106 valence electrons. The number of rotatable bonds is 6. The zero-order valence-electron chi connectivity index (χ0n) is 11.4. The Bertz CT molecular complexity index is 583. The van der Waals surface area contributed by atoms with Crippen LogP contribution in [0.15, 0.2) is 29.7 Å². The quantitative estimate of drug-likeness (QED) is 0.820. The molecule has 0 aliphatic carbocycles. The van der Waals surface area contributed by atoms with Crippen molar-refractivity contribution in [3.05, 3.63) is 35.9 Å². The van der Waals surface area contributed by atoms with Crippen LogP contribution in [0.5, 0.6) is 0 Å². The summed E-state index contributed by atoms with van der Waals surface area (Å²) in [4.78, 5) is 15.0. The molecule has 7 heteroatoms. The molecular formula is C13H16N4O2S. The largest absolute Gasteiger partial charge is 0.481 e. The maximum absolute atomic E-state index is 10.7. The third kappa shape index (κ3) is 3.57. The van der Waals surface area contributed by atoms with E-state index >= 15 is 0 Å². The second kappa shape index (κ2) is 6.51. The molecule has 2 rings (SSSR count). The van der Waals surface area contributed by atoms with Gasteiger partial charge in [0, 0.05) is 18.1 Å². The Hall–Kier alpha value is -1.89. The summed E-state index contributed by atoms with van der Waals surface area (Å²) in [6, 6.07) is 3.72. The highest BCUT2D eigenvalue weighted by atomic mass is 32.2. The summed E-state index contributed by atoms with van der Waals surface area (Å²) in [5.41, 5.74) is 1.88. The van der Waals surface area contributed by atoms with Crippen molar-refractivity contribution in [3.63, 3.8) is 0 Å². The van der Waals surface area contributed by atoms with Crippen LogP contribution in [-0.2, 0) is 11.3 Å². The topological polar surface area (TPSA) is 80.9 Å². The minimum absolute atomic E-state index is 0.00494. The lowest BCUT2D eigenvalue weighted by atomic mass is 10.1. The Morgan fingerprint density at radius 1 is 1.50 bits per heavy atom. The maximum Gasteiger partial charge on any atom is 0.313 e. The molecule has 0 fully saturated rings. The predicted octanol–water partition coefficient (Wildman–Crippen LogP) is 2.02. The molecule has 20 heavy (non-hydrogen) atoms. The molecule has 0 atom stereocenters. The highest BCUT2D eigenvalue weighted by Crippen LogP contribution is 2.24. The number of carboxylic acid groups (broad SMARTS) is 1. The molecule has 0 unspecified atom stereocenters. The van der Waals surface area contributed by atoms with Gasteiger partial charge in [-0.25, -0.2) is 4.98 Å². The highest BCUT2D eigenvalue weighted by molar-refractivity contribution is 7.99. The molecule has 2 aromatic rings. The normalized spacial score (nSPS) is 10.9. The fourth-order valence-electron chi connectivity index (χ4n) is 1.81. The number of aliphatic carboxylic acids is 1. The predicted molar refractivity (Wildman–Crippen MR) is 75.8 cm³/mol. The Morgan fingerprint density at radius 3 is 2.90 bits per heavy atom. The molecule has 1 N–H and O–H groups in total. The lowest BCUT2D eigenvalue weighted by molar-refractivity contribution is -0.133. The Kier molecular flexibility index (Phi) is 4.73. The molecule has 0 radical (unpaired) electrons. The van der Waals surface area contributed by atoms with Crippen LogP contribution in [0.25, 0.3) is 0 Å². The second-order valence-corrected chi connectivity index (χ2v) is 5.55. The number of carboxylic acids is 1. The summed E-state index contributed by atoms with van der Waals surface area (Å²) in [5, 5.41) is 17.4. The number of imidazole rings is 1. The summed E-state index contributed by atoms with van der Waals surface area (Å²) >= 11 is 1.22. The van der Waals surface area contributed by atoms with Crippen molar-refractivity contribution in [2.24, 2.45) is 0 Å². The number of aromatic nitrogens is 4. The first-order valence-corrected chi connectivity index (χ1v) is 7.23. The molecule has 0 aromatic carbocycles. The van der Waals surface area contributed by atoms with Crippen LogP contribution in [0.3, 0.4) is 0 Å². The van der Waals surface area contributed by atoms with Crippen molar-refractivity contribution in [2.75, 3.05) is 5.75 Å². The van der Waals surface area contributed by atoms with Crippen molar-refractivity contribution in [2.45, 2.75) is 31.5 Å². The lowest BCUT2D eigenvalue weighted by Crippen LogP contribution is -2.10. The van der Waals surface area contributed by atoms with E-state index in [1.165, 1.54) is 11.8 Å². The average molecular weight is 292 g/mol. The van der Waals surface area contributed by atoms with Crippen molar-refractivity contribution in [1.29, 1.82) is 0 Å². The lowest BCUT2D eigenvalue weighted by Gasteiger charge is -2.12. The van der Waals surface area contributed by atoms with Gasteiger partial charge < -0.3 is 9.67 Å². The monoisotopic (exact) mass is 292 g/mol. The van der Waals surface area contributed by atoms with Gasteiger partial charge in [-0.3, -0.25) is 4.79 Å². The standard InChI is InChI=1S/C13H16N4O2S/c1-9(2)11-6-14-13(20-8-12(18)19)17(11)7-10-4-3-5-15-16-10/h3-6,9H,7-8H2,1-2H3,(H,18,19). The van der Waals surface area contributed by atoms with E-state index in [9.17, 15) is 4.79 Å². The summed E-state index contributed by atoms with van der Waals surface area (Å²) < 4.78 is 2.00. The van der Waals surface area contributed by atoms with E-state index in [4.69, 9.17) is 5.11 Å². The Balaban J connectivity index is 2.27. The van der Waals surface area contributed by atoms with Crippen LogP contribution >= 0.6 is 11.8 Å². The number of thioether (sulfide) groups is 1. The average Bonchev–Trinajstić information content (AvgIpc) is 2.80. The molecular weight excluding hydrogens is 276 g/mol. The first kappa shape index (κ1) is 14.5. The van der Waals surface area contributed by atoms with Gasteiger partial charge in [0.2, 0.25) is 0 Å². The number of hydrogen-bond donors (Lipinski definition) is 1. The van der Waals surface area contributed by atoms with Gasteiger partial charge in [-0.05, 0) is 18.1 Å². The Morgan fingerprint density at radius 2 is 2.30 bits per heavy atom.